The molecule has 0 aromatic rings. The van der Waals surface area contributed by atoms with Crippen LogP contribution in [-0.2, 0) is 14.3 Å². The van der Waals surface area contributed by atoms with Gasteiger partial charge in [0.2, 0.25) is 5.91 Å². The van der Waals surface area contributed by atoms with E-state index in [2.05, 4.69) is 62.5 Å². The van der Waals surface area contributed by atoms with Crippen LogP contribution in [0.3, 0.4) is 0 Å². The topological polar surface area (TPSA) is 95.9 Å². The van der Waals surface area contributed by atoms with Crippen LogP contribution in [0.5, 0.6) is 0 Å². The number of aliphatic hydroxyl groups excluding tert-OH is 2. The third-order valence-electron chi connectivity index (χ3n) is 12.7. The first-order valence-corrected chi connectivity index (χ1v) is 27.7. The molecule has 3 unspecified atom stereocenters. The molecule has 0 heterocycles. The standard InChI is InChI=1S/C57H107NO5/c1-4-7-10-13-16-19-22-25-27-28-30-31-33-36-39-42-45-48-53(63-57(62)50-47-44-41-38-35-32-29-26-23-20-17-14-11-8-5-2)51-56(61)58-54(52-59)55(60)49-46-43-40-37-34-24-21-18-15-12-9-6-3/h17,20,23,25-27,53-55,59-60H,4-16,18-19,21-22,24,28-52H2,1-3H3,(H,58,61)/b20-17+,26-23+,27-25+. The van der Waals surface area contributed by atoms with Crippen LogP contribution in [0.1, 0.15) is 290 Å². The first kappa shape index (κ1) is 61.1. The Kier molecular flexibility index (Phi) is 49.5. The summed E-state index contributed by atoms with van der Waals surface area (Å²) in [4.78, 5) is 26.2. The number of allylic oxidation sites excluding steroid dienone is 6. The zero-order chi connectivity index (χ0) is 45.9. The molecule has 1 amide bonds. The van der Waals surface area contributed by atoms with Crippen molar-refractivity contribution in [2.75, 3.05) is 6.61 Å². The van der Waals surface area contributed by atoms with E-state index < -0.39 is 18.2 Å². The van der Waals surface area contributed by atoms with E-state index in [-0.39, 0.29) is 24.9 Å². The molecule has 0 aliphatic carbocycles. The quantitative estimate of drug-likeness (QED) is 0.0245. The van der Waals surface area contributed by atoms with E-state index in [0.717, 1.165) is 64.2 Å². The lowest BCUT2D eigenvalue weighted by Gasteiger charge is -2.24. The second-order valence-corrected chi connectivity index (χ2v) is 19.0. The van der Waals surface area contributed by atoms with Crippen molar-refractivity contribution in [2.24, 2.45) is 0 Å². The Morgan fingerprint density at radius 2 is 0.810 bits per heavy atom. The lowest BCUT2D eigenvalue weighted by molar-refractivity contribution is -0.151. The third kappa shape index (κ3) is 46.4. The lowest BCUT2D eigenvalue weighted by atomic mass is 10.0. The smallest absolute Gasteiger partial charge is 0.306 e. The highest BCUT2D eigenvalue weighted by molar-refractivity contribution is 5.77. The van der Waals surface area contributed by atoms with Crippen molar-refractivity contribution in [3.05, 3.63) is 36.5 Å². The predicted molar refractivity (Wildman–Crippen MR) is 273 cm³/mol. The summed E-state index contributed by atoms with van der Waals surface area (Å²) >= 11 is 0. The number of unbranched alkanes of at least 4 members (excludes halogenated alkanes) is 33. The number of aliphatic hydroxyl groups is 2. The van der Waals surface area contributed by atoms with Gasteiger partial charge in [-0.1, -0.05) is 237 Å². The number of carbonyl (C=O) groups excluding carboxylic acids is 2. The largest absolute Gasteiger partial charge is 0.462 e. The van der Waals surface area contributed by atoms with E-state index in [1.165, 1.54) is 180 Å². The summed E-state index contributed by atoms with van der Waals surface area (Å²) in [6.07, 6.45) is 60.6. The molecular formula is C57H107NO5. The van der Waals surface area contributed by atoms with Crippen LogP contribution in [0.15, 0.2) is 36.5 Å². The molecule has 0 saturated heterocycles. The Morgan fingerprint density at radius 3 is 1.25 bits per heavy atom. The minimum absolute atomic E-state index is 0.0725. The van der Waals surface area contributed by atoms with E-state index >= 15 is 0 Å². The summed E-state index contributed by atoms with van der Waals surface area (Å²) in [6.45, 7) is 6.47. The fourth-order valence-corrected chi connectivity index (χ4v) is 8.48. The number of rotatable bonds is 50. The third-order valence-corrected chi connectivity index (χ3v) is 12.7. The molecule has 0 aromatic heterocycles. The highest BCUT2D eigenvalue weighted by Gasteiger charge is 2.24. The van der Waals surface area contributed by atoms with Crippen LogP contribution in [0.2, 0.25) is 0 Å². The van der Waals surface area contributed by atoms with Crippen molar-refractivity contribution in [3.63, 3.8) is 0 Å². The Balaban J connectivity index is 4.59. The molecule has 63 heavy (non-hydrogen) atoms. The van der Waals surface area contributed by atoms with Gasteiger partial charge < -0.3 is 20.3 Å². The summed E-state index contributed by atoms with van der Waals surface area (Å²) < 4.78 is 5.95. The van der Waals surface area contributed by atoms with E-state index in [1.54, 1.807) is 0 Å². The van der Waals surface area contributed by atoms with Gasteiger partial charge in [0, 0.05) is 6.42 Å². The van der Waals surface area contributed by atoms with Crippen LogP contribution in [-0.4, -0.2) is 46.9 Å². The van der Waals surface area contributed by atoms with Gasteiger partial charge in [-0.2, -0.15) is 0 Å². The Morgan fingerprint density at radius 1 is 0.460 bits per heavy atom. The van der Waals surface area contributed by atoms with Crippen LogP contribution in [0.4, 0.5) is 0 Å². The minimum Gasteiger partial charge on any atom is -0.462 e. The maximum atomic E-state index is 13.2. The summed E-state index contributed by atoms with van der Waals surface area (Å²) in [5, 5.41) is 23.8. The average molecular weight is 886 g/mol. The monoisotopic (exact) mass is 886 g/mol. The Labute approximate surface area is 392 Å². The molecule has 0 fully saturated rings. The molecule has 0 saturated carbocycles. The molecule has 3 N–H and O–H groups in total. The zero-order valence-electron chi connectivity index (χ0n) is 42.2. The molecule has 0 aliphatic heterocycles. The SMILES string of the molecule is CCCCC/C=C/C=C/CCCCCCCCC(=O)OC(CCCCCCCCC/C=C/CCCCCCCC)CC(=O)NC(CO)C(O)CCCCCCCCCCCCCC. The average Bonchev–Trinajstić information content (AvgIpc) is 3.28. The number of carbonyl (C=O) groups is 2. The second-order valence-electron chi connectivity index (χ2n) is 19.0. The highest BCUT2D eigenvalue weighted by atomic mass is 16.5. The summed E-state index contributed by atoms with van der Waals surface area (Å²) in [6, 6.07) is -0.703. The number of hydrogen-bond acceptors (Lipinski definition) is 5. The molecule has 6 heteroatoms. The van der Waals surface area contributed by atoms with Gasteiger partial charge >= 0.3 is 5.97 Å². The van der Waals surface area contributed by atoms with Crippen LogP contribution in [0, 0.1) is 0 Å². The fourth-order valence-electron chi connectivity index (χ4n) is 8.48. The van der Waals surface area contributed by atoms with E-state index in [9.17, 15) is 19.8 Å². The Bertz CT molecular complexity index is 1040. The number of nitrogens with one attached hydrogen (secondary N) is 1. The van der Waals surface area contributed by atoms with E-state index in [1.807, 2.05) is 0 Å². The molecule has 0 bridgehead atoms. The number of hydrogen-bond donors (Lipinski definition) is 3. The fraction of sp³-hybridized carbons (Fsp3) is 0.860. The van der Waals surface area contributed by atoms with Gasteiger partial charge in [-0.25, -0.2) is 0 Å². The van der Waals surface area contributed by atoms with Crippen LogP contribution in [0.25, 0.3) is 0 Å². The van der Waals surface area contributed by atoms with Crippen LogP contribution < -0.4 is 5.32 Å². The van der Waals surface area contributed by atoms with Gasteiger partial charge in [0.1, 0.15) is 6.10 Å². The van der Waals surface area contributed by atoms with Gasteiger partial charge in [-0.05, 0) is 77.0 Å². The number of esters is 1. The van der Waals surface area contributed by atoms with Crippen molar-refractivity contribution in [3.8, 4) is 0 Å². The lowest BCUT2D eigenvalue weighted by Crippen LogP contribution is -2.46. The van der Waals surface area contributed by atoms with Gasteiger partial charge in [0.05, 0.1) is 25.2 Å². The molecular weight excluding hydrogens is 779 g/mol. The van der Waals surface area contributed by atoms with E-state index in [4.69, 9.17) is 4.74 Å². The van der Waals surface area contributed by atoms with Gasteiger partial charge in [-0.15, -0.1) is 0 Å². The van der Waals surface area contributed by atoms with Crippen molar-refractivity contribution >= 4 is 11.9 Å². The molecule has 0 spiro atoms. The predicted octanol–water partition coefficient (Wildman–Crippen LogP) is 16.8. The maximum Gasteiger partial charge on any atom is 0.306 e. The zero-order valence-corrected chi connectivity index (χ0v) is 42.2. The molecule has 0 radical (unpaired) electrons. The van der Waals surface area contributed by atoms with E-state index in [0.29, 0.717) is 19.3 Å². The minimum atomic E-state index is -0.789. The summed E-state index contributed by atoms with van der Waals surface area (Å²) in [7, 11) is 0. The normalized spacial score (nSPS) is 13.4. The Hall–Kier alpha value is -1.92. The first-order valence-electron chi connectivity index (χ1n) is 27.7. The summed E-state index contributed by atoms with van der Waals surface area (Å²) in [5.74, 6) is -0.480. The molecule has 0 rings (SSSR count). The number of ether oxygens (including phenoxy) is 1. The van der Waals surface area contributed by atoms with Crippen molar-refractivity contribution in [1.29, 1.82) is 0 Å². The van der Waals surface area contributed by atoms with Gasteiger partial charge in [0.15, 0.2) is 0 Å². The molecule has 0 aliphatic rings. The molecule has 0 aromatic carbocycles. The van der Waals surface area contributed by atoms with Crippen molar-refractivity contribution in [2.45, 2.75) is 309 Å². The van der Waals surface area contributed by atoms with Crippen molar-refractivity contribution in [1.82, 2.24) is 5.32 Å². The van der Waals surface area contributed by atoms with Gasteiger partial charge in [0.25, 0.3) is 0 Å². The molecule has 6 nitrogen and oxygen atoms in total. The van der Waals surface area contributed by atoms with Crippen LogP contribution >= 0.6 is 0 Å². The molecule has 370 valence electrons. The molecule has 3 atom stereocenters. The van der Waals surface area contributed by atoms with Crippen molar-refractivity contribution < 1.29 is 24.5 Å². The maximum absolute atomic E-state index is 13.2. The first-order chi connectivity index (χ1) is 31.0. The van der Waals surface area contributed by atoms with Gasteiger partial charge in [-0.3, -0.25) is 9.59 Å². The summed E-state index contributed by atoms with van der Waals surface area (Å²) in [5.41, 5.74) is 0. The second kappa shape index (κ2) is 51.1. The highest BCUT2D eigenvalue weighted by Crippen LogP contribution is 2.18. The number of amides is 1.